The van der Waals surface area contributed by atoms with Crippen LogP contribution in [-0.2, 0) is 4.79 Å². The maximum atomic E-state index is 11.0. The molecule has 0 fully saturated rings. The van der Waals surface area contributed by atoms with Crippen molar-refractivity contribution in [2.45, 2.75) is 13.8 Å². The van der Waals surface area contributed by atoms with Crippen LogP contribution < -0.4 is 5.32 Å². The van der Waals surface area contributed by atoms with Gasteiger partial charge in [0.2, 0.25) is 0 Å². The number of carboxylic acid groups (broad SMARTS) is 1. The molecule has 6 heteroatoms. The van der Waals surface area contributed by atoms with Crippen LogP contribution in [0.25, 0.3) is 11.3 Å². The zero-order valence-corrected chi connectivity index (χ0v) is 10.8. The lowest BCUT2D eigenvalue weighted by atomic mass is 9.94. The van der Waals surface area contributed by atoms with Gasteiger partial charge in [0.05, 0.1) is 11.1 Å². The van der Waals surface area contributed by atoms with Gasteiger partial charge in [-0.25, -0.2) is 0 Å². The van der Waals surface area contributed by atoms with Crippen molar-refractivity contribution in [3.05, 3.63) is 30.6 Å². The molecule has 0 aliphatic carbocycles. The number of anilines is 1. The summed E-state index contributed by atoms with van der Waals surface area (Å²) in [6.07, 6.45) is 3.66. The number of hydrogen-bond donors (Lipinski definition) is 3. The van der Waals surface area contributed by atoms with Gasteiger partial charge in [-0.05, 0) is 32.0 Å². The lowest BCUT2D eigenvalue weighted by Gasteiger charge is -2.19. The highest BCUT2D eigenvalue weighted by molar-refractivity contribution is 5.74. The third kappa shape index (κ3) is 3.09. The van der Waals surface area contributed by atoms with Crippen molar-refractivity contribution in [3.8, 4) is 11.3 Å². The van der Waals surface area contributed by atoms with Gasteiger partial charge < -0.3 is 15.4 Å². The zero-order valence-electron chi connectivity index (χ0n) is 10.8. The predicted octanol–water partition coefficient (Wildman–Crippen LogP) is 1.99. The first kappa shape index (κ1) is 13.1. The summed E-state index contributed by atoms with van der Waals surface area (Å²) in [6, 6.07) is 5.53. The van der Waals surface area contributed by atoms with Gasteiger partial charge in [0.25, 0.3) is 0 Å². The van der Waals surface area contributed by atoms with Crippen molar-refractivity contribution < 1.29 is 9.90 Å². The average Bonchev–Trinajstić information content (AvgIpc) is 2.91. The summed E-state index contributed by atoms with van der Waals surface area (Å²) in [5.74, 6) is -0.287. The molecule has 0 atom stereocenters. The highest BCUT2D eigenvalue weighted by Gasteiger charge is 2.26. The van der Waals surface area contributed by atoms with Crippen LogP contribution in [0.4, 0.5) is 5.82 Å². The Labute approximate surface area is 110 Å². The van der Waals surface area contributed by atoms with Crippen molar-refractivity contribution in [3.63, 3.8) is 0 Å². The van der Waals surface area contributed by atoms with E-state index in [1.165, 1.54) is 0 Å². The number of aromatic nitrogens is 3. The Hall–Kier alpha value is -2.37. The van der Waals surface area contributed by atoms with Crippen LogP contribution in [0.2, 0.25) is 0 Å². The summed E-state index contributed by atoms with van der Waals surface area (Å²) in [6.45, 7) is 3.61. The fraction of sp³-hybridized carbons (Fsp3) is 0.308. The number of hydrogen-bond acceptors (Lipinski definition) is 4. The molecule has 2 aromatic rings. The number of aliphatic carboxylic acids is 1. The van der Waals surface area contributed by atoms with E-state index in [9.17, 15) is 4.79 Å². The Morgan fingerprint density at radius 2 is 2.16 bits per heavy atom. The first-order valence-corrected chi connectivity index (χ1v) is 5.93. The van der Waals surface area contributed by atoms with Crippen LogP contribution in [-0.4, -0.2) is 32.8 Å². The highest BCUT2D eigenvalue weighted by atomic mass is 16.4. The largest absolute Gasteiger partial charge is 0.481 e. The summed E-state index contributed by atoms with van der Waals surface area (Å²) in [4.78, 5) is 13.9. The molecule has 0 bridgehead atoms. The number of carboxylic acids is 1. The molecule has 0 spiro atoms. The maximum absolute atomic E-state index is 11.0. The predicted molar refractivity (Wildman–Crippen MR) is 71.7 cm³/mol. The second kappa shape index (κ2) is 5.09. The van der Waals surface area contributed by atoms with Gasteiger partial charge in [-0.2, -0.15) is 0 Å². The maximum Gasteiger partial charge on any atom is 0.310 e. The van der Waals surface area contributed by atoms with Crippen LogP contribution in [0.15, 0.2) is 30.6 Å². The number of aromatic amines is 1. The topological polar surface area (TPSA) is 90.9 Å². The molecule has 2 heterocycles. The molecule has 6 nitrogen and oxygen atoms in total. The molecule has 3 N–H and O–H groups in total. The Bertz CT molecular complexity index is 547. The molecule has 100 valence electrons. The minimum atomic E-state index is -0.850. The average molecular weight is 260 g/mol. The summed E-state index contributed by atoms with van der Waals surface area (Å²) in [5.41, 5.74) is 0.885. The van der Waals surface area contributed by atoms with Gasteiger partial charge >= 0.3 is 5.97 Å². The minimum Gasteiger partial charge on any atom is -0.481 e. The van der Waals surface area contributed by atoms with Crippen molar-refractivity contribution in [1.29, 1.82) is 0 Å². The van der Waals surface area contributed by atoms with Gasteiger partial charge in [-0.1, -0.05) is 0 Å². The fourth-order valence-corrected chi connectivity index (χ4v) is 1.45. The van der Waals surface area contributed by atoms with Crippen molar-refractivity contribution in [2.75, 3.05) is 11.9 Å². The van der Waals surface area contributed by atoms with Gasteiger partial charge in [-0.15, -0.1) is 10.2 Å². The molecule has 0 saturated carbocycles. The normalized spacial score (nSPS) is 11.3. The molecule has 0 aromatic carbocycles. The molecule has 0 aliphatic heterocycles. The van der Waals surface area contributed by atoms with Crippen molar-refractivity contribution >= 4 is 11.8 Å². The Morgan fingerprint density at radius 3 is 2.68 bits per heavy atom. The monoisotopic (exact) mass is 260 g/mol. The molecule has 2 rings (SSSR count). The van der Waals surface area contributed by atoms with Gasteiger partial charge in [0, 0.05) is 24.5 Å². The van der Waals surface area contributed by atoms with Gasteiger partial charge in [0.1, 0.15) is 5.82 Å². The summed E-state index contributed by atoms with van der Waals surface area (Å²) in [7, 11) is 0. The fourth-order valence-electron chi connectivity index (χ4n) is 1.45. The first-order valence-electron chi connectivity index (χ1n) is 5.93. The molecule has 0 radical (unpaired) electrons. The Kier molecular flexibility index (Phi) is 3.50. The molecule has 0 unspecified atom stereocenters. The van der Waals surface area contributed by atoms with E-state index in [1.54, 1.807) is 19.9 Å². The molecule has 0 aliphatic rings. The highest BCUT2D eigenvalue weighted by Crippen LogP contribution is 2.18. The number of nitrogens with zero attached hydrogens (tertiary/aromatic N) is 2. The number of H-pyrrole nitrogens is 1. The third-order valence-corrected chi connectivity index (χ3v) is 2.85. The lowest BCUT2D eigenvalue weighted by molar-refractivity contribution is -0.146. The van der Waals surface area contributed by atoms with Crippen LogP contribution in [0.1, 0.15) is 13.8 Å². The summed E-state index contributed by atoms with van der Waals surface area (Å²) in [5, 5.41) is 20.1. The smallest absolute Gasteiger partial charge is 0.310 e. The molecule has 2 aromatic heterocycles. The van der Waals surface area contributed by atoms with Crippen LogP contribution in [0.3, 0.4) is 0 Å². The van der Waals surface area contributed by atoms with E-state index in [-0.39, 0.29) is 0 Å². The lowest BCUT2D eigenvalue weighted by Crippen LogP contribution is -2.32. The molecular formula is C13H16N4O2. The molecule has 19 heavy (non-hydrogen) atoms. The van der Waals surface area contributed by atoms with E-state index >= 15 is 0 Å². The van der Waals surface area contributed by atoms with E-state index in [1.807, 2.05) is 24.5 Å². The second-order valence-electron chi connectivity index (χ2n) is 4.95. The standard InChI is InChI=1S/C13H16N4O2/c1-13(2,12(18)19)8-15-11-4-3-10(16-17-11)9-5-6-14-7-9/h3-7,14H,8H2,1-2H3,(H,15,17)(H,18,19). The van der Waals surface area contributed by atoms with E-state index < -0.39 is 11.4 Å². The first-order chi connectivity index (χ1) is 8.99. The quantitative estimate of drug-likeness (QED) is 0.764. The van der Waals surface area contributed by atoms with E-state index in [4.69, 9.17) is 5.11 Å². The van der Waals surface area contributed by atoms with Gasteiger partial charge in [-0.3, -0.25) is 4.79 Å². The van der Waals surface area contributed by atoms with Crippen LogP contribution in [0.5, 0.6) is 0 Å². The SMILES string of the molecule is CC(C)(CNc1ccc(-c2cc[nH]c2)nn1)C(=O)O. The molecule has 0 saturated heterocycles. The van der Waals surface area contributed by atoms with Crippen LogP contribution in [0, 0.1) is 5.41 Å². The van der Waals surface area contributed by atoms with Crippen LogP contribution >= 0.6 is 0 Å². The van der Waals surface area contributed by atoms with E-state index in [2.05, 4.69) is 20.5 Å². The minimum absolute atomic E-state index is 0.292. The number of carbonyl (C=O) groups is 1. The molecule has 0 amide bonds. The van der Waals surface area contributed by atoms with E-state index in [0.717, 1.165) is 11.3 Å². The third-order valence-electron chi connectivity index (χ3n) is 2.85. The number of rotatable bonds is 5. The van der Waals surface area contributed by atoms with Crippen molar-refractivity contribution in [1.82, 2.24) is 15.2 Å². The second-order valence-corrected chi connectivity index (χ2v) is 4.95. The summed E-state index contributed by atoms with van der Waals surface area (Å²) < 4.78 is 0. The number of nitrogens with one attached hydrogen (secondary N) is 2. The van der Waals surface area contributed by atoms with E-state index in [0.29, 0.717) is 12.4 Å². The Balaban J connectivity index is 2.02. The van der Waals surface area contributed by atoms with Crippen molar-refractivity contribution in [2.24, 2.45) is 5.41 Å². The molecular weight excluding hydrogens is 244 g/mol. The van der Waals surface area contributed by atoms with Gasteiger partial charge in [0.15, 0.2) is 0 Å². The zero-order chi connectivity index (χ0) is 13.9. The summed E-state index contributed by atoms with van der Waals surface area (Å²) >= 11 is 0. The Morgan fingerprint density at radius 1 is 1.37 bits per heavy atom.